The van der Waals surface area contributed by atoms with E-state index in [1.807, 2.05) is 0 Å². The molecule has 1 heterocycles. The number of ether oxygens (including phenoxy) is 1. The number of hydrogen-bond donors (Lipinski definition) is 4. The molecule has 0 aromatic carbocycles. The first-order chi connectivity index (χ1) is 9.83. The number of rotatable bonds is 4. The second kappa shape index (κ2) is 7.98. The maximum Gasteiger partial charge on any atom is 1.00 e. The number of carbonyl (C=O) groups excluding carboxylic acids is 1. The predicted molar refractivity (Wildman–Crippen MR) is 56.1 cm³/mol. The summed E-state index contributed by atoms with van der Waals surface area (Å²) in [4.78, 5) is 11.3. The van der Waals surface area contributed by atoms with Gasteiger partial charge in [-0.2, -0.15) is 0 Å². The van der Waals surface area contributed by atoms with E-state index < -0.39 is 60.4 Å². The molecule has 0 aliphatic carbocycles. The monoisotopic (exact) mass is 326 g/mol. The molecule has 5 unspecified atom stereocenters. The van der Waals surface area contributed by atoms with E-state index in [4.69, 9.17) is 8.85 Å². The van der Waals surface area contributed by atoms with Gasteiger partial charge in [0, 0.05) is 11.0 Å². The van der Waals surface area contributed by atoms with E-state index in [1.165, 1.54) is 0 Å². The Balaban J connectivity index is 0.00000484. The van der Waals surface area contributed by atoms with Crippen molar-refractivity contribution in [2.24, 2.45) is 0 Å². The van der Waals surface area contributed by atoms with E-state index in [9.17, 15) is 33.1 Å². The minimum Gasteiger partial charge on any atom is -0.726 e. The molecule has 0 aromatic heterocycles. The van der Waals surface area contributed by atoms with Gasteiger partial charge >= 0.3 is 29.6 Å². The fourth-order valence-electron chi connectivity index (χ4n) is 1.54. The van der Waals surface area contributed by atoms with E-state index in [0.717, 1.165) is 0 Å². The van der Waals surface area contributed by atoms with E-state index in [2.05, 4.69) is 4.18 Å². The van der Waals surface area contributed by atoms with E-state index in [1.54, 1.807) is 5.32 Å². The predicted octanol–water partition coefficient (Wildman–Crippen LogP) is -6.59. The van der Waals surface area contributed by atoms with E-state index in [0.29, 0.717) is 0 Å². The van der Waals surface area contributed by atoms with Crippen LogP contribution in [0.3, 0.4) is 0 Å². The van der Waals surface area contributed by atoms with Crippen LogP contribution in [0.1, 0.15) is 11.0 Å². The molecule has 0 aromatic rings. The standard InChI is InChI=1S/C8H15NO9S.Na/c1-3(10)9-5-7(12)6(11)4(18-8(5)13)2-17-19(14,15)16;/h4-8,11-13H,2H2,1H3,(H,9,10)(H,14,15,16);/q;+1/p-1/i1D3;. The molecule has 1 saturated heterocycles. The van der Waals surface area contributed by atoms with E-state index in [-0.39, 0.29) is 29.6 Å². The number of aliphatic hydroxyl groups excluding tert-OH is 3. The van der Waals surface area contributed by atoms with Crippen molar-refractivity contribution < 1.29 is 75.7 Å². The van der Waals surface area contributed by atoms with Crippen molar-refractivity contribution in [3.63, 3.8) is 0 Å². The Bertz CT molecular complexity index is 515. The Morgan fingerprint density at radius 2 is 2.05 bits per heavy atom. The van der Waals surface area contributed by atoms with Crippen LogP contribution in [0.2, 0.25) is 0 Å². The molecule has 0 bridgehead atoms. The Hall–Kier alpha value is 0.180. The summed E-state index contributed by atoms with van der Waals surface area (Å²) in [5.74, 6) is -1.50. The van der Waals surface area contributed by atoms with Crippen LogP contribution < -0.4 is 34.9 Å². The average Bonchev–Trinajstić information content (AvgIpc) is 2.34. The molecule has 5 atom stereocenters. The van der Waals surface area contributed by atoms with Gasteiger partial charge in [-0.3, -0.25) is 8.98 Å². The minimum atomic E-state index is -5.08. The first-order valence-electron chi connectivity index (χ1n) is 6.44. The molecule has 1 aliphatic heterocycles. The molecular formula is C8H14NNaO9S. The number of hydrogen-bond acceptors (Lipinski definition) is 9. The van der Waals surface area contributed by atoms with Crippen molar-refractivity contribution in [3.05, 3.63) is 0 Å². The topological polar surface area (TPSA) is 165 Å². The van der Waals surface area contributed by atoms with Crippen LogP contribution in [0.4, 0.5) is 0 Å². The fourth-order valence-corrected chi connectivity index (χ4v) is 1.84. The van der Waals surface area contributed by atoms with Gasteiger partial charge in [-0.1, -0.05) is 0 Å². The van der Waals surface area contributed by atoms with Crippen molar-refractivity contribution in [2.75, 3.05) is 6.61 Å². The van der Waals surface area contributed by atoms with Crippen LogP contribution >= 0.6 is 0 Å². The fraction of sp³-hybridized carbons (Fsp3) is 0.875. The summed E-state index contributed by atoms with van der Waals surface area (Å²) in [6.07, 6.45) is -7.30. The van der Waals surface area contributed by atoms with Gasteiger partial charge in [-0.15, -0.1) is 0 Å². The van der Waals surface area contributed by atoms with Gasteiger partial charge in [0.25, 0.3) is 0 Å². The SMILES string of the molecule is [2H]C([2H])([2H])C(=O)NC1C(O)OC(COS(=O)(=O)[O-])C(O)C1O.[Na+]. The van der Waals surface area contributed by atoms with Gasteiger partial charge in [0.15, 0.2) is 6.29 Å². The molecule has 1 amide bonds. The Kier molecular flexibility index (Phi) is 6.02. The molecule has 20 heavy (non-hydrogen) atoms. The summed E-state index contributed by atoms with van der Waals surface area (Å²) < 4.78 is 60.0. The molecular weight excluding hydrogens is 309 g/mol. The summed E-state index contributed by atoms with van der Waals surface area (Å²) in [5, 5.41) is 30.8. The van der Waals surface area contributed by atoms with Crippen LogP contribution in [0.25, 0.3) is 0 Å². The second-order valence-corrected chi connectivity index (χ2v) is 4.79. The molecule has 1 fully saturated rings. The van der Waals surface area contributed by atoms with Gasteiger partial charge in [0.2, 0.25) is 16.3 Å². The summed E-state index contributed by atoms with van der Waals surface area (Å²) in [6.45, 7) is -4.04. The first kappa shape index (κ1) is 15.1. The maximum atomic E-state index is 11.3. The van der Waals surface area contributed by atoms with Gasteiger partial charge in [0.1, 0.15) is 24.4 Å². The molecule has 112 valence electrons. The van der Waals surface area contributed by atoms with E-state index >= 15 is 0 Å². The summed E-state index contributed by atoms with van der Waals surface area (Å²) >= 11 is 0. The molecule has 0 radical (unpaired) electrons. The van der Waals surface area contributed by atoms with Crippen LogP contribution in [-0.4, -0.2) is 71.4 Å². The van der Waals surface area contributed by atoms with Crippen molar-refractivity contribution in [1.82, 2.24) is 5.32 Å². The smallest absolute Gasteiger partial charge is 0.726 e. The van der Waals surface area contributed by atoms with Gasteiger partial charge in [-0.05, 0) is 0 Å². The normalized spacial score (nSPS) is 37.0. The third-order valence-electron chi connectivity index (χ3n) is 2.39. The third-order valence-corrected chi connectivity index (χ3v) is 2.82. The zero-order chi connectivity index (χ0) is 17.3. The molecule has 1 rings (SSSR count). The quantitative estimate of drug-likeness (QED) is 0.223. The van der Waals surface area contributed by atoms with Crippen LogP contribution in [0.15, 0.2) is 0 Å². The number of nitrogens with one attached hydrogen (secondary N) is 1. The van der Waals surface area contributed by atoms with Crippen molar-refractivity contribution in [1.29, 1.82) is 0 Å². The Labute approximate surface area is 141 Å². The second-order valence-electron chi connectivity index (χ2n) is 3.74. The number of amides is 1. The molecule has 0 saturated carbocycles. The molecule has 10 nitrogen and oxygen atoms in total. The van der Waals surface area contributed by atoms with Gasteiger partial charge in [0.05, 0.1) is 6.61 Å². The number of carbonyl (C=O) groups is 1. The number of aliphatic hydroxyl groups is 3. The minimum absolute atomic E-state index is 0. The molecule has 1 aliphatic rings. The van der Waals surface area contributed by atoms with Crippen molar-refractivity contribution in [3.8, 4) is 0 Å². The zero-order valence-corrected chi connectivity index (χ0v) is 13.1. The summed E-state index contributed by atoms with van der Waals surface area (Å²) in [7, 11) is -5.08. The Morgan fingerprint density at radius 3 is 2.55 bits per heavy atom. The van der Waals surface area contributed by atoms with Crippen molar-refractivity contribution in [2.45, 2.75) is 37.5 Å². The van der Waals surface area contributed by atoms with Crippen LogP contribution in [0, 0.1) is 0 Å². The maximum absolute atomic E-state index is 11.3. The van der Waals surface area contributed by atoms with Crippen molar-refractivity contribution >= 4 is 16.3 Å². The molecule has 0 spiro atoms. The molecule has 4 N–H and O–H groups in total. The summed E-state index contributed by atoms with van der Waals surface area (Å²) in [6, 6.07) is -1.68. The third kappa shape index (κ3) is 5.89. The zero-order valence-electron chi connectivity index (χ0n) is 13.3. The largest absolute Gasteiger partial charge is 1.00 e. The molecule has 12 heteroatoms. The van der Waals surface area contributed by atoms with Gasteiger partial charge in [-0.25, -0.2) is 8.42 Å². The van der Waals surface area contributed by atoms with Crippen LogP contribution in [0.5, 0.6) is 0 Å². The average molecular weight is 326 g/mol. The Morgan fingerprint density at radius 1 is 1.45 bits per heavy atom. The first-order valence-corrected chi connectivity index (χ1v) is 6.27. The van der Waals surface area contributed by atoms with Gasteiger partial charge < -0.3 is 29.9 Å². The van der Waals surface area contributed by atoms with Crippen LogP contribution in [-0.2, 0) is 24.1 Å². The summed E-state index contributed by atoms with van der Waals surface area (Å²) in [5.41, 5.74) is 0.